The van der Waals surface area contributed by atoms with Crippen LogP contribution >= 0.6 is 0 Å². The maximum absolute atomic E-state index is 12.9. The highest BCUT2D eigenvalue weighted by Crippen LogP contribution is 2.39. The van der Waals surface area contributed by atoms with Crippen LogP contribution in [0.5, 0.6) is 0 Å². The van der Waals surface area contributed by atoms with E-state index in [4.69, 9.17) is 4.74 Å². The van der Waals surface area contributed by atoms with Gasteiger partial charge in [-0.15, -0.1) is 5.10 Å². The van der Waals surface area contributed by atoms with Crippen LogP contribution in [-0.2, 0) is 20.9 Å². The first-order valence-electron chi connectivity index (χ1n) is 8.02. The molecule has 1 amide bonds. The van der Waals surface area contributed by atoms with Crippen molar-refractivity contribution in [1.82, 2.24) is 14.8 Å². The summed E-state index contributed by atoms with van der Waals surface area (Å²) in [5.74, 6) is -3.56. The van der Waals surface area contributed by atoms with Crippen molar-refractivity contribution >= 4 is 17.8 Å². The van der Waals surface area contributed by atoms with Crippen molar-refractivity contribution in [3.63, 3.8) is 0 Å². The van der Waals surface area contributed by atoms with E-state index >= 15 is 0 Å². The highest BCUT2D eigenvalue weighted by Gasteiger charge is 2.53. The molecular weight excluding hydrogens is 343 g/mol. The number of rotatable bonds is 5. The van der Waals surface area contributed by atoms with E-state index in [0.717, 1.165) is 5.56 Å². The van der Waals surface area contributed by atoms with Crippen LogP contribution in [0.15, 0.2) is 42.7 Å². The van der Waals surface area contributed by atoms with Gasteiger partial charge < -0.3 is 9.84 Å². The number of aromatic nitrogens is 3. The van der Waals surface area contributed by atoms with E-state index in [1.54, 1.807) is 24.3 Å². The third-order valence-corrected chi connectivity index (χ3v) is 4.52. The number of anilines is 1. The molecule has 1 aromatic carbocycles. The standard InChI is InChI=1S/C17H15FN4O4/c18-10-3-1-9(2-4-10)7-22-8-19-17(21-22)20-15(23)13-11-5-6-12(26-11)14(13)16(24)25/h1-6,8,11-14H,7H2,(H,24,25)(H,20,21,23)/t11-,12-,13+,14+/m1/s1. The number of fused-ring (bicyclic) bond motifs is 2. The van der Waals surface area contributed by atoms with Crippen LogP contribution in [-0.4, -0.2) is 44.0 Å². The van der Waals surface area contributed by atoms with Crippen LogP contribution in [0.3, 0.4) is 0 Å². The Balaban J connectivity index is 1.44. The lowest BCUT2D eigenvalue weighted by Gasteiger charge is -2.19. The summed E-state index contributed by atoms with van der Waals surface area (Å²) in [7, 11) is 0. The van der Waals surface area contributed by atoms with Gasteiger partial charge in [0.2, 0.25) is 11.9 Å². The summed E-state index contributed by atoms with van der Waals surface area (Å²) in [6.45, 7) is 0.362. The van der Waals surface area contributed by atoms with Gasteiger partial charge in [0.05, 0.1) is 24.7 Å². The van der Waals surface area contributed by atoms with Gasteiger partial charge in [0.25, 0.3) is 0 Å². The molecule has 1 aromatic heterocycles. The molecule has 2 aliphatic rings. The fourth-order valence-corrected chi connectivity index (χ4v) is 3.31. The zero-order valence-corrected chi connectivity index (χ0v) is 13.4. The van der Waals surface area contributed by atoms with Gasteiger partial charge >= 0.3 is 5.97 Å². The van der Waals surface area contributed by atoms with Crippen LogP contribution in [0.4, 0.5) is 10.3 Å². The van der Waals surface area contributed by atoms with Crippen molar-refractivity contribution in [2.45, 2.75) is 18.8 Å². The molecule has 9 heteroatoms. The number of amides is 1. The number of aliphatic carboxylic acids is 1. The number of hydrogen-bond donors (Lipinski definition) is 2. The quantitative estimate of drug-likeness (QED) is 0.774. The Hall–Kier alpha value is -3.07. The van der Waals surface area contributed by atoms with Crippen LogP contribution in [0, 0.1) is 17.7 Å². The summed E-state index contributed by atoms with van der Waals surface area (Å²) in [6.07, 6.45) is 3.67. The number of carboxylic acid groups (broad SMARTS) is 1. The number of nitrogens with zero attached hydrogens (tertiary/aromatic N) is 3. The molecule has 0 aliphatic carbocycles. The number of benzene rings is 1. The minimum Gasteiger partial charge on any atom is -0.481 e. The number of nitrogens with one attached hydrogen (secondary N) is 1. The second-order valence-corrected chi connectivity index (χ2v) is 6.22. The van der Waals surface area contributed by atoms with Crippen molar-refractivity contribution in [1.29, 1.82) is 0 Å². The van der Waals surface area contributed by atoms with E-state index in [1.165, 1.54) is 23.1 Å². The Bertz CT molecular complexity index is 879. The zero-order chi connectivity index (χ0) is 18.3. The van der Waals surface area contributed by atoms with E-state index < -0.39 is 35.9 Å². The van der Waals surface area contributed by atoms with Gasteiger partial charge in [-0.3, -0.25) is 14.9 Å². The van der Waals surface area contributed by atoms with E-state index in [9.17, 15) is 19.1 Å². The van der Waals surface area contributed by atoms with E-state index in [2.05, 4.69) is 15.4 Å². The fourth-order valence-electron chi connectivity index (χ4n) is 3.31. The minimum absolute atomic E-state index is 0.0769. The summed E-state index contributed by atoms with van der Waals surface area (Å²) in [5, 5.41) is 16.0. The van der Waals surface area contributed by atoms with Crippen molar-refractivity contribution in [3.05, 3.63) is 54.1 Å². The zero-order valence-electron chi connectivity index (χ0n) is 13.4. The molecule has 0 radical (unpaired) electrons. The first-order chi connectivity index (χ1) is 12.5. The average Bonchev–Trinajstić information content (AvgIpc) is 3.32. The number of halogens is 1. The lowest BCUT2D eigenvalue weighted by molar-refractivity contribution is -0.145. The SMILES string of the molecule is O=C(O)[C@@H]1[C@@H](C(=O)Nc2ncn(Cc3ccc(F)cc3)n2)[C@H]2C=C[C@H]1O2. The topological polar surface area (TPSA) is 106 Å². The molecule has 1 saturated heterocycles. The molecule has 2 aromatic rings. The number of carbonyl (C=O) groups excluding carboxylic acids is 1. The van der Waals surface area contributed by atoms with Crippen molar-refractivity contribution in [2.75, 3.05) is 5.32 Å². The summed E-state index contributed by atoms with van der Waals surface area (Å²) in [5.41, 5.74) is 0.826. The highest BCUT2D eigenvalue weighted by atomic mass is 19.1. The second-order valence-electron chi connectivity index (χ2n) is 6.22. The molecule has 4 rings (SSSR count). The number of carbonyl (C=O) groups is 2. The van der Waals surface area contributed by atoms with E-state index in [1.807, 2.05) is 0 Å². The Morgan fingerprint density at radius 3 is 2.58 bits per heavy atom. The third kappa shape index (κ3) is 2.97. The second kappa shape index (κ2) is 6.34. The van der Waals surface area contributed by atoms with Crippen LogP contribution in [0.1, 0.15) is 5.56 Å². The molecule has 3 heterocycles. The van der Waals surface area contributed by atoms with Gasteiger partial charge in [-0.05, 0) is 17.7 Å². The maximum Gasteiger partial charge on any atom is 0.310 e. The van der Waals surface area contributed by atoms with Crippen molar-refractivity contribution in [3.8, 4) is 0 Å². The van der Waals surface area contributed by atoms with E-state index in [0.29, 0.717) is 6.54 Å². The molecule has 1 fully saturated rings. The first kappa shape index (κ1) is 16.4. The lowest BCUT2D eigenvalue weighted by atomic mass is 9.82. The number of carboxylic acids is 1. The maximum atomic E-state index is 12.9. The van der Waals surface area contributed by atoms with Gasteiger partial charge in [-0.2, -0.15) is 0 Å². The molecule has 2 bridgehead atoms. The molecule has 4 atom stereocenters. The summed E-state index contributed by atoms with van der Waals surface area (Å²) >= 11 is 0. The number of hydrogen-bond acceptors (Lipinski definition) is 5. The molecule has 8 nitrogen and oxygen atoms in total. The molecule has 0 spiro atoms. The summed E-state index contributed by atoms with van der Waals surface area (Å²) in [4.78, 5) is 28.0. The predicted molar refractivity (Wildman–Crippen MR) is 86.6 cm³/mol. The molecule has 2 N–H and O–H groups in total. The van der Waals surface area contributed by atoms with Gasteiger partial charge in [0.1, 0.15) is 18.1 Å². The number of ether oxygens (including phenoxy) is 1. The average molecular weight is 358 g/mol. The summed E-state index contributed by atoms with van der Waals surface area (Å²) in [6, 6.07) is 5.96. The largest absolute Gasteiger partial charge is 0.481 e. The molecule has 2 aliphatic heterocycles. The van der Waals surface area contributed by atoms with Gasteiger partial charge in [0, 0.05) is 0 Å². The normalized spacial score (nSPS) is 26.2. The van der Waals surface area contributed by atoms with Crippen LogP contribution in [0.25, 0.3) is 0 Å². The van der Waals surface area contributed by atoms with Crippen molar-refractivity contribution in [2.24, 2.45) is 11.8 Å². The Morgan fingerprint density at radius 2 is 1.88 bits per heavy atom. The van der Waals surface area contributed by atoms with Gasteiger partial charge in [-0.1, -0.05) is 24.3 Å². The van der Waals surface area contributed by atoms with Gasteiger partial charge in [-0.25, -0.2) is 14.1 Å². The Kier molecular flexibility index (Phi) is 4.00. The molecule has 26 heavy (non-hydrogen) atoms. The minimum atomic E-state index is -1.07. The monoisotopic (exact) mass is 358 g/mol. The predicted octanol–water partition coefficient (Wildman–Crippen LogP) is 1.06. The molecular formula is C17H15FN4O4. The summed E-state index contributed by atoms with van der Waals surface area (Å²) < 4.78 is 19.9. The third-order valence-electron chi connectivity index (χ3n) is 4.52. The molecule has 0 saturated carbocycles. The highest BCUT2D eigenvalue weighted by molar-refractivity contribution is 5.95. The lowest BCUT2D eigenvalue weighted by Crippen LogP contribution is -2.39. The van der Waals surface area contributed by atoms with Crippen molar-refractivity contribution < 1.29 is 23.8 Å². The van der Waals surface area contributed by atoms with Gasteiger partial charge in [0.15, 0.2) is 0 Å². The van der Waals surface area contributed by atoms with Crippen LogP contribution < -0.4 is 5.32 Å². The van der Waals surface area contributed by atoms with Crippen LogP contribution in [0.2, 0.25) is 0 Å². The van der Waals surface area contributed by atoms with E-state index in [-0.39, 0.29) is 11.8 Å². The smallest absolute Gasteiger partial charge is 0.310 e. The molecule has 134 valence electrons. The first-order valence-corrected chi connectivity index (χ1v) is 8.02. The molecule has 0 unspecified atom stereocenters. The Morgan fingerprint density at radius 1 is 1.19 bits per heavy atom. The fraction of sp³-hybridized carbons (Fsp3) is 0.294. The Labute approximate surface area is 147 Å².